The molecule has 37 heavy (non-hydrogen) atoms. The first-order valence-electron chi connectivity index (χ1n) is 14.1. The molecular formula is C31H38N4O2. The van der Waals surface area contributed by atoms with Crippen molar-refractivity contribution in [3.63, 3.8) is 0 Å². The highest BCUT2D eigenvalue weighted by molar-refractivity contribution is 6.10. The Balaban J connectivity index is 0.966. The zero-order chi connectivity index (χ0) is 25.0. The molecule has 1 amide bonds. The Morgan fingerprint density at radius 2 is 1.86 bits per heavy atom. The summed E-state index contributed by atoms with van der Waals surface area (Å²) in [6, 6.07) is 18.3. The number of benzene rings is 2. The topological polar surface area (TPSA) is 56.8 Å². The van der Waals surface area contributed by atoms with E-state index in [1.54, 1.807) is 0 Å². The van der Waals surface area contributed by atoms with Gasteiger partial charge in [-0.05, 0) is 66.2 Å². The number of hydrogen-bond donors (Lipinski definition) is 2. The minimum absolute atomic E-state index is 0.248. The second kappa shape index (κ2) is 9.35. The monoisotopic (exact) mass is 498 g/mol. The Hall–Kier alpha value is -2.51. The molecule has 6 atom stereocenters. The molecule has 5 unspecified atom stereocenters. The molecule has 2 saturated heterocycles. The predicted molar refractivity (Wildman–Crippen MR) is 146 cm³/mol. The number of amides is 1. The van der Waals surface area contributed by atoms with Crippen LogP contribution in [0.25, 0.3) is 6.08 Å². The van der Waals surface area contributed by atoms with Gasteiger partial charge in [0, 0.05) is 44.5 Å². The summed E-state index contributed by atoms with van der Waals surface area (Å²) < 4.78 is 5.46. The third-order valence-corrected chi connectivity index (χ3v) is 9.84. The summed E-state index contributed by atoms with van der Waals surface area (Å²) in [5, 5.41) is 0. The van der Waals surface area contributed by atoms with E-state index in [1.165, 1.54) is 29.5 Å². The predicted octanol–water partition coefficient (Wildman–Crippen LogP) is 3.73. The van der Waals surface area contributed by atoms with Crippen molar-refractivity contribution >= 4 is 17.7 Å². The van der Waals surface area contributed by atoms with Crippen molar-refractivity contribution in [2.45, 2.75) is 49.7 Å². The van der Waals surface area contributed by atoms with E-state index < -0.39 is 0 Å². The molecule has 2 aromatic carbocycles. The summed E-state index contributed by atoms with van der Waals surface area (Å²) in [6.45, 7) is 4.73. The van der Waals surface area contributed by atoms with Gasteiger partial charge in [-0.15, -0.1) is 0 Å². The zero-order valence-corrected chi connectivity index (χ0v) is 21.7. The van der Waals surface area contributed by atoms with Gasteiger partial charge in [-0.3, -0.25) is 20.5 Å². The zero-order valence-electron chi connectivity index (χ0n) is 21.7. The highest BCUT2D eigenvalue weighted by Crippen LogP contribution is 2.66. The molecule has 2 N–H and O–H groups in total. The molecule has 1 spiro atoms. The van der Waals surface area contributed by atoms with Crippen LogP contribution < -0.4 is 15.8 Å². The van der Waals surface area contributed by atoms with Gasteiger partial charge in [0.1, 0.15) is 0 Å². The van der Waals surface area contributed by atoms with Gasteiger partial charge in [-0.1, -0.05) is 54.6 Å². The molecule has 6 nitrogen and oxygen atoms in total. The first-order valence-corrected chi connectivity index (χ1v) is 14.1. The van der Waals surface area contributed by atoms with E-state index in [4.69, 9.17) is 4.74 Å². The Labute approximate surface area is 220 Å². The molecule has 0 bridgehead atoms. The number of hydrogen-bond acceptors (Lipinski definition) is 5. The number of carbonyl (C=O) groups excluding carboxylic acids is 1. The van der Waals surface area contributed by atoms with Gasteiger partial charge in [0.15, 0.2) is 0 Å². The number of ether oxygens (including phenoxy) is 1. The molecule has 5 aliphatic rings. The molecule has 3 heterocycles. The lowest BCUT2D eigenvalue weighted by Gasteiger charge is -2.33. The summed E-state index contributed by atoms with van der Waals surface area (Å²) in [7, 11) is 1.94. The number of likely N-dealkylation sites (N-methyl/N-ethyl adjacent to an activating group) is 1. The van der Waals surface area contributed by atoms with Crippen LogP contribution in [0.5, 0.6) is 0 Å². The van der Waals surface area contributed by atoms with Gasteiger partial charge in [0.2, 0.25) is 5.91 Å². The maximum atomic E-state index is 13.3. The van der Waals surface area contributed by atoms with Crippen LogP contribution >= 0.6 is 0 Å². The maximum Gasteiger partial charge on any atom is 0.237 e. The highest BCUT2D eigenvalue weighted by atomic mass is 16.5. The second-order valence-electron chi connectivity index (χ2n) is 11.8. The van der Waals surface area contributed by atoms with E-state index in [-0.39, 0.29) is 5.41 Å². The van der Waals surface area contributed by atoms with Crippen LogP contribution in [-0.2, 0) is 21.5 Å². The van der Waals surface area contributed by atoms with Gasteiger partial charge in [-0.25, -0.2) is 0 Å². The number of morpholine rings is 1. The van der Waals surface area contributed by atoms with Crippen LogP contribution in [0.3, 0.4) is 0 Å². The average molecular weight is 499 g/mol. The van der Waals surface area contributed by atoms with Crippen molar-refractivity contribution in [2.24, 2.45) is 17.8 Å². The highest BCUT2D eigenvalue weighted by Gasteiger charge is 2.68. The van der Waals surface area contributed by atoms with Gasteiger partial charge in [0.05, 0.1) is 18.6 Å². The first-order chi connectivity index (χ1) is 18.1. The third-order valence-electron chi connectivity index (χ3n) is 9.84. The van der Waals surface area contributed by atoms with Crippen LogP contribution in [0.4, 0.5) is 5.69 Å². The molecule has 0 aromatic heterocycles. The number of hydrazine groups is 1. The molecule has 0 radical (unpaired) electrons. The second-order valence-corrected chi connectivity index (χ2v) is 11.8. The summed E-state index contributed by atoms with van der Waals surface area (Å²) in [5.74, 6) is 2.02. The van der Waals surface area contributed by atoms with Crippen molar-refractivity contribution in [3.8, 4) is 0 Å². The lowest BCUT2D eigenvalue weighted by atomic mass is 9.73. The number of para-hydroxylation sites is 1. The molecule has 6 heteroatoms. The van der Waals surface area contributed by atoms with Crippen LogP contribution in [0.1, 0.15) is 42.4 Å². The molecule has 2 aliphatic carbocycles. The minimum Gasteiger partial charge on any atom is -0.379 e. The van der Waals surface area contributed by atoms with Gasteiger partial charge < -0.3 is 9.64 Å². The Morgan fingerprint density at radius 3 is 2.70 bits per heavy atom. The van der Waals surface area contributed by atoms with E-state index in [9.17, 15) is 4.79 Å². The molecule has 2 saturated carbocycles. The first kappa shape index (κ1) is 23.6. The molecule has 194 valence electrons. The van der Waals surface area contributed by atoms with E-state index >= 15 is 0 Å². The summed E-state index contributed by atoms with van der Waals surface area (Å²) in [6.07, 6.45) is 9.22. The normalized spacial score (nSPS) is 35.3. The van der Waals surface area contributed by atoms with E-state index in [0.717, 1.165) is 51.4 Å². The minimum atomic E-state index is -0.248. The molecule has 2 aromatic rings. The van der Waals surface area contributed by atoms with Crippen LogP contribution in [0, 0.1) is 17.8 Å². The molecular weight excluding hydrogens is 460 g/mol. The Morgan fingerprint density at radius 1 is 1.05 bits per heavy atom. The Kier molecular flexibility index (Phi) is 5.96. The van der Waals surface area contributed by atoms with Gasteiger partial charge >= 0.3 is 0 Å². The van der Waals surface area contributed by atoms with Crippen LogP contribution in [0.2, 0.25) is 0 Å². The van der Waals surface area contributed by atoms with Crippen molar-refractivity contribution in [1.29, 1.82) is 0 Å². The van der Waals surface area contributed by atoms with Gasteiger partial charge in [0.25, 0.3) is 0 Å². The fourth-order valence-corrected chi connectivity index (χ4v) is 7.74. The Bertz CT molecular complexity index is 1190. The summed E-state index contributed by atoms with van der Waals surface area (Å²) in [4.78, 5) is 17.7. The lowest BCUT2D eigenvalue weighted by molar-refractivity contribution is -0.120. The van der Waals surface area contributed by atoms with Crippen LogP contribution in [-0.4, -0.2) is 56.2 Å². The van der Waals surface area contributed by atoms with Crippen molar-refractivity contribution in [2.75, 3.05) is 38.3 Å². The number of carbonyl (C=O) groups is 1. The number of anilines is 1. The number of rotatable bonds is 5. The number of nitrogens with zero attached hydrogens (tertiary/aromatic N) is 2. The van der Waals surface area contributed by atoms with Crippen molar-refractivity contribution < 1.29 is 9.53 Å². The smallest absolute Gasteiger partial charge is 0.237 e. The largest absolute Gasteiger partial charge is 0.379 e. The standard InChI is InChI=1S/C31H38N4O2/c1-34-29-5-3-2-4-25(29)31(30(34)36)19-26(31)23-11-12-24-27(32-33-28(24)18-23)13-10-21-6-8-22(9-7-21)20-35-14-16-37-17-15-35/h2-10,13,23-24,26-28,32-33H,11-12,14-20H2,1H3/b13-10+/t23?,24?,26?,27?,28?,31-/m0/s1. The fourth-order valence-electron chi connectivity index (χ4n) is 7.74. The molecule has 7 rings (SSSR count). The van der Waals surface area contributed by atoms with E-state index in [0.29, 0.717) is 35.7 Å². The third kappa shape index (κ3) is 4.06. The fraction of sp³-hybridized carbons (Fsp3) is 0.516. The number of nitrogens with one attached hydrogen (secondary N) is 2. The lowest BCUT2D eigenvalue weighted by Crippen LogP contribution is -2.38. The van der Waals surface area contributed by atoms with Crippen molar-refractivity contribution in [3.05, 3.63) is 71.3 Å². The van der Waals surface area contributed by atoms with Gasteiger partial charge in [-0.2, -0.15) is 0 Å². The SMILES string of the molecule is CN1C(=O)[C@@]2(CC2C2CCC3C(/C=C/c4ccc(CN5CCOCC5)cc4)NNC3C2)c2ccccc21. The van der Waals surface area contributed by atoms with E-state index in [2.05, 4.69) is 70.4 Å². The summed E-state index contributed by atoms with van der Waals surface area (Å²) >= 11 is 0. The number of fused-ring (bicyclic) bond motifs is 3. The quantitative estimate of drug-likeness (QED) is 0.658. The maximum absolute atomic E-state index is 13.3. The van der Waals surface area contributed by atoms with Crippen LogP contribution in [0.15, 0.2) is 54.6 Å². The molecule has 3 aliphatic heterocycles. The van der Waals surface area contributed by atoms with Crippen molar-refractivity contribution in [1.82, 2.24) is 15.8 Å². The summed E-state index contributed by atoms with van der Waals surface area (Å²) in [5.41, 5.74) is 12.0. The molecule has 4 fully saturated rings. The average Bonchev–Trinajstić information content (AvgIpc) is 3.52. The van der Waals surface area contributed by atoms with E-state index in [1.807, 2.05) is 18.0 Å².